The van der Waals surface area contributed by atoms with Crippen molar-refractivity contribution in [1.29, 1.82) is 0 Å². The Balaban J connectivity index is 0.710. The van der Waals surface area contributed by atoms with Crippen LogP contribution in [-0.2, 0) is 19.8 Å². The number of rotatable bonds is 13. The summed E-state index contributed by atoms with van der Waals surface area (Å²) >= 11 is 0. The number of fused-ring (bicyclic) bond motifs is 1. The number of halogens is 3. The molecule has 5 saturated heterocycles. The van der Waals surface area contributed by atoms with E-state index in [0.29, 0.717) is 33.8 Å². The molecular weight excluding hydrogens is 904 g/mol. The Kier molecular flexibility index (Phi) is 11.9. The van der Waals surface area contributed by atoms with E-state index in [2.05, 4.69) is 47.4 Å². The number of aromatic amines is 1. The number of hydrogen-bond acceptors (Lipinski definition) is 11. The molecule has 5 aliphatic heterocycles. The molecule has 3 amide bonds. The van der Waals surface area contributed by atoms with Crippen LogP contribution < -0.4 is 29.9 Å². The normalized spacial score (nSPS) is 21.1. The molecule has 7 heterocycles. The third-order valence-corrected chi connectivity index (χ3v) is 15.5. The van der Waals surface area contributed by atoms with E-state index >= 15 is 8.78 Å². The van der Waals surface area contributed by atoms with Crippen LogP contribution in [0.3, 0.4) is 0 Å². The number of likely N-dealkylation sites (tertiary alicyclic amines) is 1. The van der Waals surface area contributed by atoms with Crippen molar-refractivity contribution in [3.63, 3.8) is 0 Å². The number of pyridine rings is 1. The first-order valence-electron chi connectivity index (χ1n) is 22.7. The van der Waals surface area contributed by atoms with Crippen molar-refractivity contribution >= 4 is 61.8 Å². The van der Waals surface area contributed by atoms with Crippen LogP contribution in [0.5, 0.6) is 5.75 Å². The highest BCUT2D eigenvalue weighted by molar-refractivity contribution is 7.90. The molecule has 3 aromatic carbocycles. The summed E-state index contributed by atoms with van der Waals surface area (Å²) in [6.07, 6.45) is 4.19. The van der Waals surface area contributed by atoms with Crippen molar-refractivity contribution in [2.45, 2.75) is 44.3 Å². The molecule has 0 unspecified atom stereocenters. The van der Waals surface area contributed by atoms with Crippen molar-refractivity contribution in [1.82, 2.24) is 29.8 Å². The van der Waals surface area contributed by atoms with Gasteiger partial charge in [-0.2, -0.15) is 12.7 Å². The number of nitrogens with one attached hydrogen (secondary N) is 4. The first-order valence-corrected chi connectivity index (χ1v) is 24.2. The molecule has 68 heavy (non-hydrogen) atoms. The average molecular weight is 954 g/mol. The van der Waals surface area contributed by atoms with Crippen LogP contribution in [0.25, 0.3) is 22.2 Å². The maximum Gasteiger partial charge on any atom is 0.301 e. The number of ketones is 1. The monoisotopic (exact) mass is 953 g/mol. The number of nitrogens with zero attached hydrogens (tertiary/aromatic N) is 5. The summed E-state index contributed by atoms with van der Waals surface area (Å²) in [5.74, 6) is -3.81. The molecule has 0 radical (unpaired) electrons. The minimum Gasteiger partial charge on any atom is -0.496 e. The fourth-order valence-corrected chi connectivity index (χ4v) is 11.6. The van der Waals surface area contributed by atoms with Gasteiger partial charge in [-0.3, -0.25) is 29.2 Å². The van der Waals surface area contributed by atoms with Gasteiger partial charge in [0.1, 0.15) is 29.4 Å². The fourth-order valence-electron chi connectivity index (χ4n) is 10.3. The Morgan fingerprint density at radius 1 is 0.882 bits per heavy atom. The molecule has 5 aliphatic rings. The van der Waals surface area contributed by atoms with Gasteiger partial charge in [-0.1, -0.05) is 12.1 Å². The Labute approximate surface area is 390 Å². The quantitative estimate of drug-likeness (QED) is 0.0917. The number of H-pyrrole nitrogens is 1. The summed E-state index contributed by atoms with van der Waals surface area (Å²) in [7, 11) is -2.84. The predicted molar refractivity (Wildman–Crippen MR) is 248 cm³/mol. The largest absolute Gasteiger partial charge is 0.496 e. The molecule has 10 rings (SSSR count). The Morgan fingerprint density at radius 3 is 2.34 bits per heavy atom. The Hall–Kier alpha value is -6.51. The molecule has 20 heteroatoms. The number of anilines is 3. The van der Waals surface area contributed by atoms with Gasteiger partial charge < -0.3 is 29.7 Å². The third-order valence-electron chi connectivity index (χ3n) is 14.0. The number of piperidine rings is 2. The molecule has 0 saturated carbocycles. The van der Waals surface area contributed by atoms with Crippen LogP contribution in [0.2, 0.25) is 0 Å². The molecule has 1 spiro atoms. The van der Waals surface area contributed by atoms with Gasteiger partial charge in [0, 0.05) is 117 Å². The van der Waals surface area contributed by atoms with E-state index in [4.69, 9.17) is 4.74 Å². The van der Waals surface area contributed by atoms with Crippen molar-refractivity contribution in [2.75, 3.05) is 80.5 Å². The zero-order valence-electron chi connectivity index (χ0n) is 37.2. The van der Waals surface area contributed by atoms with Gasteiger partial charge >= 0.3 is 10.2 Å². The zero-order chi connectivity index (χ0) is 47.5. The number of carbonyl (C=O) groups is 4. The first kappa shape index (κ1) is 45.3. The van der Waals surface area contributed by atoms with Gasteiger partial charge in [-0.05, 0) is 79.6 Å². The summed E-state index contributed by atoms with van der Waals surface area (Å²) in [4.78, 5) is 65.0. The molecule has 5 fully saturated rings. The highest BCUT2D eigenvalue weighted by atomic mass is 32.2. The highest BCUT2D eigenvalue weighted by Gasteiger charge is 2.52. The smallest absolute Gasteiger partial charge is 0.301 e. The van der Waals surface area contributed by atoms with Gasteiger partial charge in [0.15, 0.2) is 5.82 Å². The van der Waals surface area contributed by atoms with Gasteiger partial charge in [-0.15, -0.1) is 0 Å². The lowest BCUT2D eigenvalue weighted by Crippen LogP contribution is -2.72. The van der Waals surface area contributed by atoms with Crippen molar-refractivity contribution in [2.24, 2.45) is 11.3 Å². The zero-order valence-corrected chi connectivity index (χ0v) is 38.0. The third kappa shape index (κ3) is 8.75. The van der Waals surface area contributed by atoms with E-state index in [9.17, 15) is 32.0 Å². The van der Waals surface area contributed by atoms with Gasteiger partial charge in [0.2, 0.25) is 17.6 Å². The van der Waals surface area contributed by atoms with Crippen LogP contribution in [0.4, 0.5) is 30.2 Å². The second kappa shape index (κ2) is 17.9. The molecule has 5 aromatic rings. The van der Waals surface area contributed by atoms with Gasteiger partial charge in [0.25, 0.3) is 5.91 Å². The second-order valence-corrected chi connectivity index (χ2v) is 20.3. The first-order chi connectivity index (χ1) is 32.7. The number of hydrogen-bond donors (Lipinski definition) is 4. The topological polar surface area (TPSA) is 189 Å². The molecule has 16 nitrogen and oxygen atoms in total. The van der Waals surface area contributed by atoms with Crippen molar-refractivity contribution < 1.29 is 45.5 Å². The van der Waals surface area contributed by atoms with Crippen LogP contribution in [0.15, 0.2) is 73.1 Å². The lowest BCUT2D eigenvalue weighted by molar-refractivity contribution is -0.134. The summed E-state index contributed by atoms with van der Waals surface area (Å²) in [6, 6.07) is 16.2. The number of methoxy groups -OCH3 is 1. The van der Waals surface area contributed by atoms with E-state index in [1.807, 2.05) is 29.0 Å². The number of alkyl halides is 1. The minimum atomic E-state index is -4.36. The van der Waals surface area contributed by atoms with Crippen LogP contribution in [0, 0.1) is 23.0 Å². The van der Waals surface area contributed by atoms with E-state index in [-0.39, 0.29) is 49.2 Å². The van der Waals surface area contributed by atoms with Crippen molar-refractivity contribution in [3.8, 4) is 16.9 Å². The summed E-state index contributed by atoms with van der Waals surface area (Å²) < 4.78 is 78.7. The summed E-state index contributed by atoms with van der Waals surface area (Å²) in [5, 5.41) is 5.31. The fraction of sp³-hybridized carbons (Fsp3) is 0.396. The van der Waals surface area contributed by atoms with E-state index < -0.39 is 62.9 Å². The van der Waals surface area contributed by atoms with E-state index in [1.165, 1.54) is 13.3 Å². The predicted octanol–water partition coefficient (Wildman–Crippen LogP) is 5.02. The second-order valence-electron chi connectivity index (χ2n) is 18.7. The number of aromatic nitrogens is 2. The van der Waals surface area contributed by atoms with Crippen LogP contribution in [0.1, 0.15) is 58.4 Å². The van der Waals surface area contributed by atoms with E-state index in [1.54, 1.807) is 18.3 Å². The number of benzene rings is 3. The number of amides is 3. The number of carbonyl (C=O) groups excluding carboxylic acids is 4. The lowest BCUT2D eigenvalue weighted by Gasteiger charge is -2.61. The van der Waals surface area contributed by atoms with Gasteiger partial charge in [-0.25, -0.2) is 18.2 Å². The van der Waals surface area contributed by atoms with Crippen molar-refractivity contribution in [3.05, 3.63) is 101 Å². The Morgan fingerprint density at radius 2 is 1.63 bits per heavy atom. The molecule has 356 valence electrons. The lowest BCUT2D eigenvalue weighted by atomic mass is 9.72. The van der Waals surface area contributed by atoms with Crippen LogP contribution in [-0.4, -0.2) is 129 Å². The summed E-state index contributed by atoms with van der Waals surface area (Å²) in [6.45, 7) is 6.35. The minimum absolute atomic E-state index is 0.00273. The maximum absolute atomic E-state index is 15.8. The molecule has 0 bridgehead atoms. The molecule has 2 atom stereocenters. The molecular formula is C48H50F3N9O7S. The highest BCUT2D eigenvalue weighted by Crippen LogP contribution is 2.44. The van der Waals surface area contributed by atoms with Crippen LogP contribution >= 0.6 is 0 Å². The Bertz CT molecular complexity index is 2930. The standard InChI is InChI=1S/C48H50F3N9O7S/c1-67-40-19-33(6-7-34(40)46(63)54-39-10-11-41(61)55-47(39)64)59-26-48(27-59)24-57(25-48)22-28-12-15-58(16-13-28)32-4-2-29(3-5-32)30-18-35-36(21-53-45(35)52-20-30)44(62)42-37(50)8-9-38(43(42)51)56-68(65,66)60-17-14-31(49)23-60/h2-9,18-21,28,31,39,56H,10-17,22-27H2,1H3,(H,52,53)(H,54,63)(H,55,61,64)/t31-,39-/m1/s1. The summed E-state index contributed by atoms with van der Waals surface area (Å²) in [5.41, 5.74) is 2.88. The number of imide groups is 1. The molecule has 0 aliphatic carbocycles. The molecule has 4 N–H and O–H groups in total. The molecule has 2 aromatic heterocycles. The number of ether oxygens (including phenoxy) is 1. The maximum atomic E-state index is 15.8. The average Bonchev–Trinajstić information content (AvgIpc) is 3.95. The SMILES string of the molecule is COc1cc(N2CC3(CN(CC4CCN(c5ccc(-c6cnc7[nH]cc(C(=O)c8c(F)ccc(NS(=O)(=O)N9CC[C@@H](F)C9)c8F)c7c6)cc5)CC4)C3)C2)ccc1C(=O)N[C@@H]1CCC(=O)NC1=O. The van der Waals surface area contributed by atoms with Gasteiger partial charge in [0.05, 0.1) is 23.9 Å². The van der Waals surface area contributed by atoms with E-state index in [0.717, 1.165) is 92.0 Å².